The highest BCUT2D eigenvalue weighted by atomic mass is 16.5. The molecule has 0 bridgehead atoms. The molecule has 1 aromatic rings. The highest BCUT2D eigenvalue weighted by molar-refractivity contribution is 5.79. The lowest BCUT2D eigenvalue weighted by atomic mass is 10.1. The van der Waals surface area contributed by atoms with Gasteiger partial charge in [0, 0.05) is 26.2 Å². The third kappa shape index (κ3) is 6.57. The molecule has 0 amide bonds. The van der Waals surface area contributed by atoms with E-state index in [1.54, 1.807) is 0 Å². The third-order valence-corrected chi connectivity index (χ3v) is 2.90. The molecule has 1 rings (SSSR count). The molecule has 0 spiro atoms. The first-order valence-corrected chi connectivity index (χ1v) is 7.46. The van der Waals surface area contributed by atoms with E-state index in [9.17, 15) is 0 Å². The van der Waals surface area contributed by atoms with Crippen LogP contribution in [0.1, 0.15) is 38.9 Å². The van der Waals surface area contributed by atoms with Crippen molar-refractivity contribution in [3.63, 3.8) is 0 Å². The van der Waals surface area contributed by atoms with E-state index in [0.29, 0.717) is 0 Å². The Morgan fingerprint density at radius 2 is 1.80 bits per heavy atom. The molecule has 1 atom stereocenters. The summed E-state index contributed by atoms with van der Waals surface area (Å²) in [6.07, 6.45) is 1.07. The number of nitrogens with one attached hydrogen (secondary N) is 2. The molecule has 0 aromatic heterocycles. The van der Waals surface area contributed by atoms with Crippen molar-refractivity contribution in [3.05, 3.63) is 35.9 Å². The molecule has 1 aromatic carbocycles. The van der Waals surface area contributed by atoms with E-state index in [1.165, 1.54) is 5.56 Å². The molecule has 0 aliphatic carbocycles. The van der Waals surface area contributed by atoms with Crippen LogP contribution in [0, 0.1) is 0 Å². The average molecular weight is 277 g/mol. The first-order valence-electron chi connectivity index (χ1n) is 7.46. The minimum atomic E-state index is 0.141. The minimum Gasteiger partial charge on any atom is -0.374 e. The Bertz CT molecular complexity index is 371. The van der Waals surface area contributed by atoms with Crippen LogP contribution in [-0.2, 0) is 4.74 Å². The van der Waals surface area contributed by atoms with Gasteiger partial charge >= 0.3 is 0 Å². The van der Waals surface area contributed by atoms with E-state index in [1.807, 2.05) is 18.2 Å². The Kier molecular flexibility index (Phi) is 8.47. The topological polar surface area (TPSA) is 45.7 Å². The van der Waals surface area contributed by atoms with Crippen molar-refractivity contribution in [1.82, 2.24) is 10.6 Å². The minimum absolute atomic E-state index is 0.141. The Hall–Kier alpha value is -1.55. The maximum Gasteiger partial charge on any atom is 0.191 e. The molecule has 1 unspecified atom stereocenters. The fraction of sp³-hybridized carbons (Fsp3) is 0.562. The summed E-state index contributed by atoms with van der Waals surface area (Å²) in [5.41, 5.74) is 1.22. The monoisotopic (exact) mass is 277 g/mol. The smallest absolute Gasteiger partial charge is 0.191 e. The van der Waals surface area contributed by atoms with Gasteiger partial charge in [-0.1, -0.05) is 30.3 Å². The van der Waals surface area contributed by atoms with Crippen molar-refractivity contribution < 1.29 is 4.74 Å². The maximum absolute atomic E-state index is 5.82. The molecule has 2 N–H and O–H groups in total. The van der Waals surface area contributed by atoms with E-state index >= 15 is 0 Å². The number of hydrogen-bond acceptors (Lipinski definition) is 2. The molecular weight excluding hydrogens is 250 g/mol. The van der Waals surface area contributed by atoms with Gasteiger partial charge in [-0.3, -0.25) is 4.99 Å². The first-order chi connectivity index (χ1) is 9.77. The second kappa shape index (κ2) is 10.3. The zero-order chi connectivity index (χ0) is 14.6. The zero-order valence-electron chi connectivity index (χ0n) is 12.9. The van der Waals surface area contributed by atoms with Gasteiger partial charge in [0.25, 0.3) is 0 Å². The summed E-state index contributed by atoms with van der Waals surface area (Å²) >= 11 is 0. The van der Waals surface area contributed by atoms with Crippen LogP contribution < -0.4 is 10.6 Å². The van der Waals surface area contributed by atoms with Gasteiger partial charge in [0.1, 0.15) is 0 Å². The van der Waals surface area contributed by atoms with E-state index < -0.39 is 0 Å². The first kappa shape index (κ1) is 16.5. The Morgan fingerprint density at radius 1 is 1.15 bits per heavy atom. The quantitative estimate of drug-likeness (QED) is 0.436. The predicted octanol–water partition coefficient (Wildman–Crippen LogP) is 2.73. The summed E-state index contributed by atoms with van der Waals surface area (Å²) in [5, 5.41) is 6.41. The SMILES string of the molecule is CCNC(=NCCCOC(C)c1ccccc1)NCC. The molecule has 0 saturated heterocycles. The van der Waals surface area contributed by atoms with Crippen molar-refractivity contribution in [2.45, 2.75) is 33.3 Å². The summed E-state index contributed by atoms with van der Waals surface area (Å²) in [4.78, 5) is 4.49. The van der Waals surface area contributed by atoms with Crippen LogP contribution in [-0.4, -0.2) is 32.2 Å². The normalized spacial score (nSPS) is 11.8. The predicted molar refractivity (Wildman–Crippen MR) is 85.1 cm³/mol. The van der Waals surface area contributed by atoms with Gasteiger partial charge < -0.3 is 15.4 Å². The molecular formula is C16H27N3O. The molecule has 0 radical (unpaired) electrons. The number of guanidine groups is 1. The Balaban J connectivity index is 2.22. The largest absolute Gasteiger partial charge is 0.374 e. The fourth-order valence-corrected chi connectivity index (χ4v) is 1.84. The van der Waals surface area contributed by atoms with Gasteiger partial charge in [-0.15, -0.1) is 0 Å². The zero-order valence-corrected chi connectivity index (χ0v) is 12.9. The van der Waals surface area contributed by atoms with E-state index in [2.05, 4.69) is 48.5 Å². The number of aliphatic imine (C=N–C) groups is 1. The van der Waals surface area contributed by atoms with Crippen molar-refractivity contribution >= 4 is 5.96 Å². The standard InChI is InChI=1S/C16H27N3O/c1-4-17-16(18-5-2)19-12-9-13-20-14(3)15-10-7-6-8-11-15/h6-8,10-11,14H,4-5,9,12-13H2,1-3H3,(H2,17,18,19). The van der Waals surface area contributed by atoms with Crippen molar-refractivity contribution in [2.24, 2.45) is 4.99 Å². The second-order valence-electron chi connectivity index (χ2n) is 4.57. The molecule has 112 valence electrons. The van der Waals surface area contributed by atoms with Gasteiger partial charge in [-0.25, -0.2) is 0 Å². The summed E-state index contributed by atoms with van der Waals surface area (Å²) in [5.74, 6) is 0.881. The van der Waals surface area contributed by atoms with Crippen LogP contribution in [0.3, 0.4) is 0 Å². The van der Waals surface area contributed by atoms with E-state index in [0.717, 1.165) is 38.6 Å². The number of nitrogens with zero attached hydrogens (tertiary/aromatic N) is 1. The van der Waals surface area contributed by atoms with Crippen LogP contribution in [0.5, 0.6) is 0 Å². The third-order valence-electron chi connectivity index (χ3n) is 2.90. The molecule has 0 aliphatic heterocycles. The van der Waals surface area contributed by atoms with E-state index in [4.69, 9.17) is 4.74 Å². The van der Waals surface area contributed by atoms with Crippen LogP contribution in [0.25, 0.3) is 0 Å². The summed E-state index contributed by atoms with van der Waals surface area (Å²) < 4.78 is 5.82. The van der Waals surface area contributed by atoms with Crippen LogP contribution in [0.4, 0.5) is 0 Å². The molecule has 0 aliphatic rings. The Morgan fingerprint density at radius 3 is 2.40 bits per heavy atom. The van der Waals surface area contributed by atoms with Gasteiger partial charge in [-0.05, 0) is 32.8 Å². The molecule has 0 saturated carbocycles. The van der Waals surface area contributed by atoms with Crippen molar-refractivity contribution in [1.29, 1.82) is 0 Å². The highest BCUT2D eigenvalue weighted by Gasteiger charge is 2.03. The summed E-state index contributed by atoms with van der Waals surface area (Å²) in [6, 6.07) is 10.3. The van der Waals surface area contributed by atoms with E-state index in [-0.39, 0.29) is 6.10 Å². The Labute approximate surface area is 122 Å². The van der Waals surface area contributed by atoms with Crippen LogP contribution in [0.2, 0.25) is 0 Å². The van der Waals surface area contributed by atoms with Crippen molar-refractivity contribution in [2.75, 3.05) is 26.2 Å². The second-order valence-corrected chi connectivity index (χ2v) is 4.57. The average Bonchev–Trinajstić information content (AvgIpc) is 2.48. The number of ether oxygens (including phenoxy) is 1. The molecule has 0 heterocycles. The lowest BCUT2D eigenvalue weighted by Gasteiger charge is -2.13. The van der Waals surface area contributed by atoms with Gasteiger partial charge in [-0.2, -0.15) is 0 Å². The van der Waals surface area contributed by atoms with Gasteiger partial charge in [0.05, 0.1) is 6.10 Å². The van der Waals surface area contributed by atoms with Crippen LogP contribution >= 0.6 is 0 Å². The van der Waals surface area contributed by atoms with Gasteiger partial charge in [0.2, 0.25) is 0 Å². The fourth-order valence-electron chi connectivity index (χ4n) is 1.84. The lowest BCUT2D eigenvalue weighted by molar-refractivity contribution is 0.0652. The number of benzene rings is 1. The summed E-state index contributed by atoms with van der Waals surface area (Å²) in [7, 11) is 0. The number of hydrogen-bond donors (Lipinski definition) is 2. The van der Waals surface area contributed by atoms with Gasteiger partial charge in [0.15, 0.2) is 5.96 Å². The number of rotatable bonds is 8. The highest BCUT2D eigenvalue weighted by Crippen LogP contribution is 2.15. The molecule has 4 nitrogen and oxygen atoms in total. The van der Waals surface area contributed by atoms with Crippen molar-refractivity contribution in [3.8, 4) is 0 Å². The molecule has 20 heavy (non-hydrogen) atoms. The van der Waals surface area contributed by atoms with Crippen LogP contribution in [0.15, 0.2) is 35.3 Å². The maximum atomic E-state index is 5.82. The molecule has 4 heteroatoms. The summed E-state index contributed by atoms with van der Waals surface area (Å²) in [6.45, 7) is 9.49. The lowest BCUT2D eigenvalue weighted by Crippen LogP contribution is -2.37. The molecule has 0 fully saturated rings.